The van der Waals surface area contributed by atoms with Crippen molar-refractivity contribution >= 4 is 11.7 Å². The van der Waals surface area contributed by atoms with Gasteiger partial charge in [0.05, 0.1) is 12.0 Å². The highest BCUT2D eigenvalue weighted by Gasteiger charge is 2.33. The van der Waals surface area contributed by atoms with Crippen LogP contribution in [0.25, 0.3) is 0 Å². The lowest BCUT2D eigenvalue weighted by Gasteiger charge is -2.31. The number of carbonyl (C=O) groups excluding carboxylic acids is 1. The van der Waals surface area contributed by atoms with Gasteiger partial charge in [0.15, 0.2) is 0 Å². The molecule has 0 radical (unpaired) electrons. The molecule has 3 rings (SSSR count). The first-order chi connectivity index (χ1) is 10.6. The van der Waals surface area contributed by atoms with Crippen LogP contribution in [-0.4, -0.2) is 40.7 Å². The molecular formula is C17H25N3O2. The lowest BCUT2D eigenvalue weighted by atomic mass is 9.82. The summed E-state index contributed by atoms with van der Waals surface area (Å²) in [4.78, 5) is 18.8. The molecule has 120 valence electrons. The zero-order valence-electron chi connectivity index (χ0n) is 13.0. The van der Waals surface area contributed by atoms with Gasteiger partial charge in [0.1, 0.15) is 5.82 Å². The van der Waals surface area contributed by atoms with Gasteiger partial charge in [-0.2, -0.15) is 0 Å². The minimum Gasteiger partial charge on any atom is -0.389 e. The van der Waals surface area contributed by atoms with Crippen LogP contribution in [0.3, 0.4) is 0 Å². The summed E-state index contributed by atoms with van der Waals surface area (Å²) < 4.78 is 0. The molecule has 1 atom stereocenters. The molecular weight excluding hydrogens is 278 g/mol. The molecule has 1 aromatic rings. The number of pyridine rings is 1. The van der Waals surface area contributed by atoms with Gasteiger partial charge in [0, 0.05) is 25.3 Å². The van der Waals surface area contributed by atoms with Crippen molar-refractivity contribution in [2.24, 2.45) is 0 Å². The number of aromatic nitrogens is 1. The summed E-state index contributed by atoms with van der Waals surface area (Å²) in [5, 5.41) is 13.5. The van der Waals surface area contributed by atoms with Gasteiger partial charge in [0.2, 0.25) is 5.91 Å². The molecule has 1 saturated heterocycles. The van der Waals surface area contributed by atoms with E-state index in [9.17, 15) is 9.90 Å². The van der Waals surface area contributed by atoms with Gasteiger partial charge in [-0.05, 0) is 31.4 Å². The molecule has 0 bridgehead atoms. The highest BCUT2D eigenvalue weighted by atomic mass is 16.3. The van der Waals surface area contributed by atoms with Crippen molar-refractivity contribution in [1.29, 1.82) is 0 Å². The summed E-state index contributed by atoms with van der Waals surface area (Å²) in [5.41, 5.74) is -0.776. The third-order valence-corrected chi connectivity index (χ3v) is 4.80. The number of aliphatic hydroxyl groups is 1. The zero-order valence-corrected chi connectivity index (χ0v) is 13.0. The topological polar surface area (TPSA) is 65.5 Å². The number of nitrogens with one attached hydrogen (secondary N) is 1. The van der Waals surface area contributed by atoms with Gasteiger partial charge in [-0.1, -0.05) is 25.3 Å². The molecule has 2 heterocycles. The van der Waals surface area contributed by atoms with E-state index in [1.165, 1.54) is 6.42 Å². The Balaban J connectivity index is 1.48. The van der Waals surface area contributed by atoms with E-state index < -0.39 is 5.60 Å². The average Bonchev–Trinajstić information content (AvgIpc) is 2.96. The maximum Gasteiger partial charge on any atom is 0.223 e. The van der Waals surface area contributed by atoms with Crippen LogP contribution in [0.5, 0.6) is 0 Å². The molecule has 5 heteroatoms. The van der Waals surface area contributed by atoms with Crippen molar-refractivity contribution in [2.75, 3.05) is 18.0 Å². The van der Waals surface area contributed by atoms with Crippen LogP contribution in [-0.2, 0) is 4.79 Å². The van der Waals surface area contributed by atoms with E-state index in [0.29, 0.717) is 0 Å². The van der Waals surface area contributed by atoms with Crippen LogP contribution in [0.4, 0.5) is 5.82 Å². The first-order valence-corrected chi connectivity index (χ1v) is 8.32. The lowest BCUT2D eigenvalue weighted by molar-refractivity contribution is -0.128. The molecule has 1 aromatic heterocycles. The average molecular weight is 303 g/mol. The van der Waals surface area contributed by atoms with E-state index in [4.69, 9.17) is 0 Å². The maximum atomic E-state index is 12.2. The molecule has 0 spiro atoms. The van der Waals surface area contributed by atoms with Crippen molar-refractivity contribution in [3.05, 3.63) is 24.4 Å². The largest absolute Gasteiger partial charge is 0.389 e. The zero-order chi connectivity index (χ0) is 15.4. The number of nitrogens with zero attached hydrogens (tertiary/aromatic N) is 2. The van der Waals surface area contributed by atoms with Crippen molar-refractivity contribution in [1.82, 2.24) is 10.3 Å². The van der Waals surface area contributed by atoms with Crippen molar-refractivity contribution < 1.29 is 9.90 Å². The maximum absolute atomic E-state index is 12.2. The predicted molar refractivity (Wildman–Crippen MR) is 85.6 cm³/mol. The monoisotopic (exact) mass is 303 g/mol. The molecule has 2 N–H and O–H groups in total. The van der Waals surface area contributed by atoms with Gasteiger partial charge < -0.3 is 15.3 Å². The SMILES string of the molecule is O=C(CC1(O)CCCCC1)NC1CCN(c2ccccn2)C1. The van der Waals surface area contributed by atoms with E-state index >= 15 is 0 Å². The van der Waals surface area contributed by atoms with Crippen molar-refractivity contribution in [3.63, 3.8) is 0 Å². The fourth-order valence-corrected chi connectivity index (χ4v) is 3.59. The van der Waals surface area contributed by atoms with Crippen LogP contribution in [0, 0.1) is 0 Å². The summed E-state index contributed by atoms with van der Waals surface area (Å²) in [6.45, 7) is 1.70. The molecule has 22 heavy (non-hydrogen) atoms. The predicted octanol–water partition coefficient (Wildman–Crippen LogP) is 1.86. The summed E-state index contributed by atoms with van der Waals surface area (Å²) in [6.07, 6.45) is 7.71. The minimum atomic E-state index is -0.776. The molecule has 1 unspecified atom stereocenters. The second-order valence-corrected chi connectivity index (χ2v) is 6.65. The molecule has 1 saturated carbocycles. The Morgan fingerprint density at radius 1 is 1.36 bits per heavy atom. The Hall–Kier alpha value is -1.62. The highest BCUT2D eigenvalue weighted by Crippen LogP contribution is 2.30. The Labute approximate surface area is 131 Å². The number of hydrogen-bond donors (Lipinski definition) is 2. The summed E-state index contributed by atoms with van der Waals surface area (Å²) in [5.74, 6) is 0.947. The first-order valence-electron chi connectivity index (χ1n) is 8.32. The van der Waals surface area contributed by atoms with Crippen LogP contribution in [0.2, 0.25) is 0 Å². The smallest absolute Gasteiger partial charge is 0.223 e. The molecule has 2 aliphatic rings. The van der Waals surface area contributed by atoms with Gasteiger partial charge in [0.25, 0.3) is 0 Å². The summed E-state index contributed by atoms with van der Waals surface area (Å²) in [6, 6.07) is 6.03. The molecule has 1 aliphatic heterocycles. The molecule has 2 fully saturated rings. The van der Waals surface area contributed by atoms with Crippen LogP contribution in [0.15, 0.2) is 24.4 Å². The number of carbonyl (C=O) groups is 1. The third kappa shape index (κ3) is 3.77. The van der Waals surface area contributed by atoms with Crippen LogP contribution >= 0.6 is 0 Å². The van der Waals surface area contributed by atoms with E-state index in [0.717, 1.165) is 51.0 Å². The summed E-state index contributed by atoms with van der Waals surface area (Å²) in [7, 11) is 0. The quantitative estimate of drug-likeness (QED) is 0.891. The highest BCUT2D eigenvalue weighted by molar-refractivity contribution is 5.77. The Bertz CT molecular complexity index is 500. The normalized spacial score (nSPS) is 24.2. The second kappa shape index (κ2) is 6.65. The molecule has 0 aromatic carbocycles. The van der Waals surface area contributed by atoms with Gasteiger partial charge in [-0.3, -0.25) is 4.79 Å². The number of rotatable bonds is 4. The Morgan fingerprint density at radius 2 is 2.18 bits per heavy atom. The number of amides is 1. The molecule has 1 amide bonds. The lowest BCUT2D eigenvalue weighted by Crippen LogP contribution is -2.43. The second-order valence-electron chi connectivity index (χ2n) is 6.65. The van der Waals surface area contributed by atoms with Gasteiger partial charge >= 0.3 is 0 Å². The Kier molecular flexibility index (Phi) is 4.62. The molecule has 1 aliphatic carbocycles. The minimum absolute atomic E-state index is 0.0164. The van der Waals surface area contributed by atoms with Crippen LogP contribution < -0.4 is 10.2 Å². The van der Waals surface area contributed by atoms with Crippen molar-refractivity contribution in [2.45, 2.75) is 56.6 Å². The van der Waals surface area contributed by atoms with E-state index in [1.54, 1.807) is 6.20 Å². The van der Waals surface area contributed by atoms with Gasteiger partial charge in [-0.25, -0.2) is 4.98 Å². The Morgan fingerprint density at radius 3 is 2.91 bits per heavy atom. The third-order valence-electron chi connectivity index (χ3n) is 4.80. The number of hydrogen-bond acceptors (Lipinski definition) is 4. The number of anilines is 1. The van der Waals surface area contributed by atoms with E-state index in [-0.39, 0.29) is 18.4 Å². The summed E-state index contributed by atoms with van der Waals surface area (Å²) >= 11 is 0. The van der Waals surface area contributed by atoms with Crippen LogP contribution in [0.1, 0.15) is 44.9 Å². The fourth-order valence-electron chi connectivity index (χ4n) is 3.59. The van der Waals surface area contributed by atoms with Crippen molar-refractivity contribution in [3.8, 4) is 0 Å². The van der Waals surface area contributed by atoms with E-state index in [2.05, 4.69) is 15.2 Å². The molecule has 5 nitrogen and oxygen atoms in total. The van der Waals surface area contributed by atoms with E-state index in [1.807, 2.05) is 18.2 Å². The standard InChI is InChI=1S/C17H25N3O2/c21-16(12-17(22)8-3-1-4-9-17)19-14-7-11-20(13-14)15-6-2-5-10-18-15/h2,5-6,10,14,22H,1,3-4,7-9,11-13H2,(H,19,21). The first kappa shape index (κ1) is 15.3. The fraction of sp³-hybridized carbons (Fsp3) is 0.647. The van der Waals surface area contributed by atoms with Gasteiger partial charge in [-0.15, -0.1) is 0 Å².